The monoisotopic (exact) mass is 445 g/mol. The Labute approximate surface area is 192 Å². The Morgan fingerprint density at radius 3 is 2.84 bits per heavy atom. The van der Waals surface area contributed by atoms with Gasteiger partial charge in [0.2, 0.25) is 5.91 Å². The minimum atomic E-state index is -0.530. The van der Waals surface area contributed by atoms with Gasteiger partial charge in [-0.05, 0) is 60.7 Å². The number of anilines is 1. The highest BCUT2D eigenvalue weighted by Gasteiger charge is 2.20. The summed E-state index contributed by atoms with van der Waals surface area (Å²) in [6.07, 6.45) is 6.42. The summed E-state index contributed by atoms with van der Waals surface area (Å²) in [5, 5.41) is 3.46. The zero-order chi connectivity index (χ0) is 22.7. The molecule has 3 aromatic rings. The minimum absolute atomic E-state index is 0.189. The molecule has 2 aromatic heterocycles. The van der Waals surface area contributed by atoms with Crippen molar-refractivity contribution in [3.63, 3.8) is 0 Å². The number of aromatic nitrogens is 2. The summed E-state index contributed by atoms with van der Waals surface area (Å²) in [6.45, 7) is 6.71. The van der Waals surface area contributed by atoms with E-state index in [0.717, 1.165) is 33.1 Å². The van der Waals surface area contributed by atoms with Crippen molar-refractivity contribution in [2.45, 2.75) is 39.8 Å². The Morgan fingerprint density at radius 2 is 2.09 bits per heavy atom. The van der Waals surface area contributed by atoms with Gasteiger partial charge in [-0.2, -0.15) is 0 Å². The number of nitrogens with two attached hydrogens (primary N) is 1. The van der Waals surface area contributed by atoms with Crippen LogP contribution in [0.3, 0.4) is 0 Å². The summed E-state index contributed by atoms with van der Waals surface area (Å²) in [6, 6.07) is 11.7. The van der Waals surface area contributed by atoms with Crippen molar-refractivity contribution in [2.75, 3.05) is 5.32 Å². The molecule has 4 rings (SSSR count). The van der Waals surface area contributed by atoms with E-state index < -0.39 is 6.04 Å². The number of rotatable bonds is 7. The molecule has 6 nitrogen and oxygen atoms in total. The minimum Gasteiger partial charge on any atom is -0.320 e. The molecule has 32 heavy (non-hydrogen) atoms. The molecule has 0 radical (unpaired) electrons. The van der Waals surface area contributed by atoms with Gasteiger partial charge in [0, 0.05) is 11.8 Å². The largest absolute Gasteiger partial charge is 0.320 e. The SMILES string of the molecule is Cc1nc(NC(=O)C(N)CC(C)C)sc1-c1ccc2c(c1)CN=C2/C=C/c1ccccn1. The molecule has 1 aromatic carbocycles. The van der Waals surface area contributed by atoms with Crippen molar-refractivity contribution in [1.82, 2.24) is 9.97 Å². The first-order chi connectivity index (χ1) is 15.4. The molecule has 1 unspecified atom stereocenters. The van der Waals surface area contributed by atoms with Crippen molar-refractivity contribution in [3.8, 4) is 10.4 Å². The zero-order valence-electron chi connectivity index (χ0n) is 18.5. The fraction of sp³-hybridized carbons (Fsp3) is 0.280. The first-order valence-corrected chi connectivity index (χ1v) is 11.5. The maximum Gasteiger partial charge on any atom is 0.243 e. The number of pyridine rings is 1. The van der Waals surface area contributed by atoms with Crippen molar-refractivity contribution >= 4 is 34.2 Å². The molecule has 0 bridgehead atoms. The predicted octanol–water partition coefficient (Wildman–Crippen LogP) is 4.84. The lowest BCUT2D eigenvalue weighted by Gasteiger charge is -2.12. The number of allylic oxidation sites excluding steroid dienone is 1. The van der Waals surface area contributed by atoms with Crippen molar-refractivity contribution in [3.05, 3.63) is 71.2 Å². The molecule has 164 valence electrons. The molecule has 0 aliphatic carbocycles. The number of nitrogens with zero attached hydrogens (tertiary/aromatic N) is 3. The molecule has 3 heterocycles. The summed E-state index contributed by atoms with van der Waals surface area (Å²) in [4.78, 5) is 27.0. The van der Waals surface area contributed by atoms with Crippen molar-refractivity contribution in [2.24, 2.45) is 16.6 Å². The number of carbonyl (C=O) groups excluding carboxylic acids is 1. The fourth-order valence-electron chi connectivity index (χ4n) is 3.68. The van der Waals surface area contributed by atoms with E-state index in [0.29, 0.717) is 24.0 Å². The number of hydrogen-bond donors (Lipinski definition) is 2. The molecule has 0 saturated carbocycles. The van der Waals surface area contributed by atoms with Crippen LogP contribution in [0.5, 0.6) is 0 Å². The number of aliphatic imine (C=N–C) groups is 1. The molecule has 7 heteroatoms. The maximum absolute atomic E-state index is 12.4. The van der Waals surface area contributed by atoms with Gasteiger partial charge in [-0.1, -0.05) is 43.4 Å². The number of amides is 1. The fourth-order valence-corrected chi connectivity index (χ4v) is 4.65. The Balaban J connectivity index is 1.49. The van der Waals surface area contributed by atoms with Crippen LogP contribution >= 0.6 is 11.3 Å². The second-order valence-corrected chi connectivity index (χ2v) is 9.32. The summed E-state index contributed by atoms with van der Waals surface area (Å²) in [5.74, 6) is 0.173. The van der Waals surface area contributed by atoms with Gasteiger partial charge in [0.25, 0.3) is 0 Å². The number of thiazole rings is 1. The number of benzene rings is 1. The van der Waals surface area contributed by atoms with Crippen LogP contribution in [0.2, 0.25) is 0 Å². The molecular formula is C25H27N5OS. The average molecular weight is 446 g/mol. The molecule has 3 N–H and O–H groups in total. The second kappa shape index (κ2) is 9.54. The third-order valence-corrected chi connectivity index (χ3v) is 6.37. The molecule has 1 aliphatic rings. The van der Waals surface area contributed by atoms with Gasteiger partial charge in [-0.3, -0.25) is 14.8 Å². The topological polar surface area (TPSA) is 93.3 Å². The number of fused-ring (bicyclic) bond motifs is 1. The lowest BCUT2D eigenvalue weighted by Crippen LogP contribution is -2.36. The summed E-state index contributed by atoms with van der Waals surface area (Å²) >= 11 is 1.47. The Bertz CT molecular complexity index is 1180. The van der Waals surface area contributed by atoms with Gasteiger partial charge in [0.15, 0.2) is 5.13 Å². The second-order valence-electron chi connectivity index (χ2n) is 8.32. The first kappa shape index (κ1) is 22.0. The molecular weight excluding hydrogens is 418 g/mol. The van der Waals surface area contributed by atoms with Crippen LogP contribution in [-0.4, -0.2) is 27.6 Å². The first-order valence-electron chi connectivity index (χ1n) is 10.7. The van der Waals surface area contributed by atoms with Crippen molar-refractivity contribution < 1.29 is 4.79 Å². The van der Waals surface area contributed by atoms with Crippen LogP contribution in [0, 0.1) is 12.8 Å². The number of nitrogens with one attached hydrogen (secondary N) is 1. The van der Waals surface area contributed by atoms with Crippen LogP contribution in [0.25, 0.3) is 16.5 Å². The van der Waals surface area contributed by atoms with Gasteiger partial charge in [-0.25, -0.2) is 4.98 Å². The molecule has 1 amide bonds. The van der Waals surface area contributed by atoms with E-state index in [4.69, 9.17) is 5.73 Å². The predicted molar refractivity (Wildman–Crippen MR) is 132 cm³/mol. The molecule has 0 spiro atoms. The van der Waals surface area contributed by atoms with Gasteiger partial charge in [0.05, 0.1) is 34.6 Å². The number of aryl methyl sites for hydroxylation is 1. The van der Waals surface area contributed by atoms with E-state index >= 15 is 0 Å². The van der Waals surface area contributed by atoms with Crippen LogP contribution < -0.4 is 11.1 Å². The van der Waals surface area contributed by atoms with E-state index in [1.807, 2.05) is 37.3 Å². The third-order valence-electron chi connectivity index (χ3n) is 5.25. The van der Waals surface area contributed by atoms with Crippen LogP contribution in [0.1, 0.15) is 42.8 Å². The highest BCUT2D eigenvalue weighted by molar-refractivity contribution is 7.19. The van der Waals surface area contributed by atoms with E-state index in [2.05, 4.69) is 52.3 Å². The van der Waals surface area contributed by atoms with Gasteiger partial charge < -0.3 is 11.1 Å². The normalized spacial score (nSPS) is 14.0. The maximum atomic E-state index is 12.4. The quantitative estimate of drug-likeness (QED) is 0.544. The third kappa shape index (κ3) is 5.00. The number of hydrogen-bond acceptors (Lipinski definition) is 6. The van der Waals surface area contributed by atoms with E-state index in [1.54, 1.807) is 6.20 Å². The lowest BCUT2D eigenvalue weighted by molar-refractivity contribution is -0.117. The van der Waals surface area contributed by atoms with Crippen LogP contribution in [-0.2, 0) is 11.3 Å². The molecule has 0 fully saturated rings. The Kier molecular flexibility index (Phi) is 6.58. The highest BCUT2D eigenvalue weighted by Crippen LogP contribution is 2.35. The van der Waals surface area contributed by atoms with Crippen LogP contribution in [0.4, 0.5) is 5.13 Å². The average Bonchev–Trinajstić information content (AvgIpc) is 3.34. The van der Waals surface area contributed by atoms with E-state index in [9.17, 15) is 4.79 Å². The van der Waals surface area contributed by atoms with Gasteiger partial charge in [-0.15, -0.1) is 0 Å². The Hall–Kier alpha value is -3.16. The van der Waals surface area contributed by atoms with Crippen LogP contribution in [0.15, 0.2) is 53.7 Å². The smallest absolute Gasteiger partial charge is 0.243 e. The molecule has 0 saturated heterocycles. The standard InChI is InChI=1S/C25H27N5OS/c1-15(2)12-21(26)24(31)30-25-29-16(3)23(32-25)17-7-9-20-18(13-17)14-28-22(20)10-8-19-6-4-5-11-27-19/h4-11,13,15,21H,12,14,26H2,1-3H3,(H,29,30,31)/b10-8+. The Morgan fingerprint density at radius 1 is 1.25 bits per heavy atom. The van der Waals surface area contributed by atoms with Gasteiger partial charge >= 0.3 is 0 Å². The lowest BCUT2D eigenvalue weighted by atomic mass is 10.0. The van der Waals surface area contributed by atoms with Crippen molar-refractivity contribution in [1.29, 1.82) is 0 Å². The summed E-state index contributed by atoms with van der Waals surface area (Å²) in [7, 11) is 0. The summed E-state index contributed by atoms with van der Waals surface area (Å²) in [5.41, 5.74) is 12.2. The van der Waals surface area contributed by atoms with E-state index in [-0.39, 0.29) is 5.91 Å². The molecule has 1 aliphatic heterocycles. The zero-order valence-corrected chi connectivity index (χ0v) is 19.3. The molecule has 1 atom stereocenters. The highest BCUT2D eigenvalue weighted by atomic mass is 32.1. The van der Waals surface area contributed by atoms with E-state index in [1.165, 1.54) is 16.9 Å². The summed E-state index contributed by atoms with van der Waals surface area (Å²) < 4.78 is 0. The van der Waals surface area contributed by atoms with Gasteiger partial charge in [0.1, 0.15) is 0 Å². The number of carbonyl (C=O) groups is 1.